The summed E-state index contributed by atoms with van der Waals surface area (Å²) in [7, 11) is -2.10. The number of aryl methyl sites for hydroxylation is 1. The van der Waals surface area contributed by atoms with Gasteiger partial charge in [-0.2, -0.15) is 5.10 Å². The van der Waals surface area contributed by atoms with Crippen molar-refractivity contribution in [2.24, 2.45) is 5.92 Å². The number of hydrogen-bond donors (Lipinski definition) is 1. The van der Waals surface area contributed by atoms with Gasteiger partial charge in [0.2, 0.25) is 0 Å². The predicted molar refractivity (Wildman–Crippen MR) is 96.6 cm³/mol. The molecule has 0 amide bonds. The highest BCUT2D eigenvalue weighted by Gasteiger charge is 2.37. The Morgan fingerprint density at radius 2 is 2.00 bits per heavy atom. The first-order valence-corrected chi connectivity index (χ1v) is 11.2. The zero-order valence-corrected chi connectivity index (χ0v) is 15.8. The van der Waals surface area contributed by atoms with Crippen molar-refractivity contribution in [3.8, 4) is 0 Å². The Balaban J connectivity index is 2.01. The van der Waals surface area contributed by atoms with Crippen molar-refractivity contribution in [2.75, 3.05) is 0 Å². The molecule has 0 spiro atoms. The van der Waals surface area contributed by atoms with Crippen LogP contribution in [0.5, 0.6) is 0 Å². The van der Waals surface area contributed by atoms with Gasteiger partial charge in [-0.05, 0) is 55.9 Å². The summed E-state index contributed by atoms with van der Waals surface area (Å²) in [4.78, 5) is 10.4. The molecule has 0 bridgehead atoms. The summed E-state index contributed by atoms with van der Waals surface area (Å²) in [5, 5.41) is 5.82. The highest BCUT2D eigenvalue weighted by Crippen LogP contribution is 2.40. The highest BCUT2D eigenvalue weighted by atomic mass is 28.4. The van der Waals surface area contributed by atoms with Crippen LogP contribution in [-0.2, 0) is 6.54 Å². The van der Waals surface area contributed by atoms with E-state index in [1.807, 2.05) is 19.3 Å². The summed E-state index contributed by atoms with van der Waals surface area (Å²) >= 11 is 0. The van der Waals surface area contributed by atoms with Crippen LogP contribution in [0.4, 0.5) is 0 Å². The molecular formula is C18H30N2OSi. The van der Waals surface area contributed by atoms with E-state index in [-0.39, 0.29) is 5.04 Å². The molecule has 2 rings (SSSR count). The summed E-state index contributed by atoms with van der Waals surface area (Å²) in [6, 6.07) is 6.50. The topological polar surface area (TPSA) is 38.0 Å². The van der Waals surface area contributed by atoms with Gasteiger partial charge in [-0.1, -0.05) is 32.4 Å². The van der Waals surface area contributed by atoms with Gasteiger partial charge in [-0.25, -0.2) is 0 Å². The second kappa shape index (κ2) is 6.17. The highest BCUT2D eigenvalue weighted by molar-refractivity contribution is 6.72. The molecule has 0 fully saturated rings. The Labute approximate surface area is 135 Å². The Kier molecular flexibility index (Phi) is 4.83. The molecule has 2 aromatic rings. The first-order chi connectivity index (χ1) is 10.1. The van der Waals surface area contributed by atoms with E-state index in [2.05, 4.69) is 55.7 Å². The van der Waals surface area contributed by atoms with E-state index >= 15 is 0 Å². The second-order valence-electron chi connectivity index (χ2n) is 7.98. The van der Waals surface area contributed by atoms with Gasteiger partial charge in [0.1, 0.15) is 0 Å². The molecule has 0 unspecified atom stereocenters. The van der Waals surface area contributed by atoms with E-state index in [4.69, 9.17) is 0 Å². The lowest BCUT2D eigenvalue weighted by Crippen LogP contribution is -2.39. The van der Waals surface area contributed by atoms with Crippen LogP contribution in [0.1, 0.15) is 39.2 Å². The Morgan fingerprint density at radius 1 is 1.32 bits per heavy atom. The number of hydrogen-bond acceptors (Lipinski definition) is 2. The van der Waals surface area contributed by atoms with Crippen LogP contribution in [0, 0.1) is 12.8 Å². The molecule has 1 atom stereocenters. The molecule has 0 aliphatic carbocycles. The molecule has 0 radical (unpaired) electrons. The molecule has 0 saturated carbocycles. The fourth-order valence-electron chi connectivity index (χ4n) is 2.65. The van der Waals surface area contributed by atoms with Crippen molar-refractivity contribution in [2.45, 2.75) is 65.2 Å². The minimum atomic E-state index is -2.10. The van der Waals surface area contributed by atoms with Crippen molar-refractivity contribution in [1.82, 2.24) is 9.78 Å². The van der Waals surface area contributed by atoms with E-state index in [0.717, 1.165) is 19.4 Å². The Morgan fingerprint density at radius 3 is 2.64 bits per heavy atom. The number of nitrogens with zero attached hydrogens (tertiary/aromatic N) is 2. The van der Waals surface area contributed by atoms with Crippen molar-refractivity contribution >= 4 is 19.2 Å². The van der Waals surface area contributed by atoms with Gasteiger partial charge in [0.15, 0.2) is 8.32 Å². The van der Waals surface area contributed by atoms with Crippen molar-refractivity contribution in [3.05, 3.63) is 30.0 Å². The molecule has 1 aromatic heterocycles. The fourth-order valence-corrected chi connectivity index (χ4v) is 3.41. The third-order valence-corrected chi connectivity index (χ3v) is 8.76. The van der Waals surface area contributed by atoms with Crippen molar-refractivity contribution in [3.63, 3.8) is 0 Å². The Hall–Kier alpha value is -1.13. The van der Waals surface area contributed by atoms with Crippen molar-refractivity contribution in [1.29, 1.82) is 0 Å². The summed E-state index contributed by atoms with van der Waals surface area (Å²) in [5.74, 6) is 0.556. The maximum Gasteiger partial charge on any atom is 0.188 e. The molecule has 3 nitrogen and oxygen atoms in total. The molecule has 1 aromatic carbocycles. The SMILES string of the molecule is Cc1ccc2c(cnn2C[C@H](C)CCC(C)(C)[Si](C)(C)O)c1. The number of rotatable bonds is 6. The minimum Gasteiger partial charge on any atom is -0.432 e. The normalized spacial score (nSPS) is 14.5. The molecular weight excluding hydrogens is 288 g/mol. The van der Waals surface area contributed by atoms with Gasteiger partial charge in [0, 0.05) is 11.9 Å². The average molecular weight is 319 g/mol. The molecule has 1 N–H and O–H groups in total. The molecule has 22 heavy (non-hydrogen) atoms. The summed E-state index contributed by atoms with van der Waals surface area (Å²) in [6.45, 7) is 13.8. The zero-order valence-electron chi connectivity index (χ0n) is 14.8. The quantitative estimate of drug-likeness (QED) is 0.781. The number of fused-ring (bicyclic) bond motifs is 1. The van der Waals surface area contributed by atoms with E-state index < -0.39 is 8.32 Å². The third-order valence-electron chi connectivity index (χ3n) is 5.20. The summed E-state index contributed by atoms with van der Waals surface area (Å²) < 4.78 is 2.12. The van der Waals surface area contributed by atoms with Crippen LogP contribution < -0.4 is 0 Å². The number of benzene rings is 1. The van der Waals surface area contributed by atoms with Gasteiger partial charge in [0.25, 0.3) is 0 Å². The largest absolute Gasteiger partial charge is 0.432 e. The van der Waals surface area contributed by atoms with Crippen LogP contribution in [0.25, 0.3) is 10.9 Å². The molecule has 0 aliphatic rings. The lowest BCUT2D eigenvalue weighted by molar-refractivity contribution is 0.372. The van der Waals surface area contributed by atoms with Crippen LogP contribution in [0.3, 0.4) is 0 Å². The lowest BCUT2D eigenvalue weighted by Gasteiger charge is -2.35. The molecule has 0 aliphatic heterocycles. The van der Waals surface area contributed by atoms with E-state index in [1.54, 1.807) is 0 Å². The molecule has 4 heteroatoms. The minimum absolute atomic E-state index is 0.0601. The van der Waals surface area contributed by atoms with Gasteiger partial charge in [-0.15, -0.1) is 0 Å². The van der Waals surface area contributed by atoms with E-state index in [9.17, 15) is 4.80 Å². The van der Waals surface area contributed by atoms with E-state index in [1.165, 1.54) is 16.5 Å². The van der Waals surface area contributed by atoms with Crippen LogP contribution in [0.2, 0.25) is 18.1 Å². The molecule has 122 valence electrons. The summed E-state index contributed by atoms with van der Waals surface area (Å²) in [6.07, 6.45) is 4.15. The Bertz CT molecular complexity index is 640. The molecule has 0 saturated heterocycles. The van der Waals surface area contributed by atoms with Crippen LogP contribution in [-0.4, -0.2) is 22.9 Å². The maximum atomic E-state index is 10.4. The molecule has 1 heterocycles. The third kappa shape index (κ3) is 3.79. The lowest BCUT2D eigenvalue weighted by atomic mass is 9.98. The monoisotopic (exact) mass is 318 g/mol. The van der Waals surface area contributed by atoms with Crippen LogP contribution in [0.15, 0.2) is 24.4 Å². The van der Waals surface area contributed by atoms with Gasteiger partial charge in [0.05, 0.1) is 11.7 Å². The summed E-state index contributed by atoms with van der Waals surface area (Å²) in [5.41, 5.74) is 2.49. The van der Waals surface area contributed by atoms with Gasteiger partial charge in [-0.3, -0.25) is 4.68 Å². The van der Waals surface area contributed by atoms with Crippen molar-refractivity contribution < 1.29 is 4.80 Å². The smallest absolute Gasteiger partial charge is 0.188 e. The van der Waals surface area contributed by atoms with E-state index in [0.29, 0.717) is 5.92 Å². The first kappa shape index (κ1) is 17.2. The zero-order chi connectivity index (χ0) is 16.5. The maximum absolute atomic E-state index is 10.4. The van der Waals surface area contributed by atoms with Gasteiger partial charge < -0.3 is 4.80 Å². The van der Waals surface area contributed by atoms with Gasteiger partial charge >= 0.3 is 0 Å². The second-order valence-corrected chi connectivity index (χ2v) is 12.4. The number of aromatic nitrogens is 2. The fraction of sp³-hybridized carbons (Fsp3) is 0.611. The van der Waals surface area contributed by atoms with Crippen LogP contribution >= 0.6 is 0 Å². The average Bonchev–Trinajstić information content (AvgIpc) is 2.77. The predicted octanol–water partition coefficient (Wildman–Crippen LogP) is 4.74. The standard InChI is InChI=1S/C18H30N2OSi/c1-14-7-8-17-16(11-14)12-19-20(17)13-15(2)9-10-18(3,4)22(5,6)21/h7-8,11-12,15,21H,9-10,13H2,1-6H3/t15-/m1/s1. The first-order valence-electron chi connectivity index (χ1n) is 8.25.